The van der Waals surface area contributed by atoms with Crippen LogP contribution in [0.5, 0.6) is 0 Å². The number of hydrogen-bond donors (Lipinski definition) is 2. The van der Waals surface area contributed by atoms with Gasteiger partial charge in [0.2, 0.25) is 6.10 Å². The minimum absolute atomic E-state index is 0.136. The number of rotatable bonds is 13. The van der Waals surface area contributed by atoms with Crippen molar-refractivity contribution in [2.75, 3.05) is 0 Å². The van der Waals surface area contributed by atoms with Gasteiger partial charge in [-0.2, -0.15) is 0 Å². The van der Waals surface area contributed by atoms with Crippen molar-refractivity contribution in [3.8, 4) is 0 Å². The summed E-state index contributed by atoms with van der Waals surface area (Å²) in [6.45, 7) is 8.32. The van der Waals surface area contributed by atoms with E-state index in [0.717, 1.165) is 12.8 Å². The van der Waals surface area contributed by atoms with Gasteiger partial charge in [0, 0.05) is 18.8 Å². The quantitative estimate of drug-likeness (QED) is 0.461. The maximum Gasteiger partial charge on any atom is 0.353 e. The van der Waals surface area contributed by atoms with Gasteiger partial charge < -0.3 is 19.7 Å². The predicted molar refractivity (Wildman–Crippen MR) is 97.0 cm³/mol. The highest BCUT2D eigenvalue weighted by Crippen LogP contribution is 2.38. The molecule has 27 heavy (non-hydrogen) atoms. The number of hydrogen-bond acceptors (Lipinski definition) is 6. The molecule has 156 valence electrons. The molecule has 8 heteroatoms. The van der Waals surface area contributed by atoms with Crippen LogP contribution in [0, 0.1) is 11.8 Å². The Balaban J connectivity index is 6.36. The maximum atomic E-state index is 12.3. The first-order valence-corrected chi connectivity index (χ1v) is 9.49. The molecule has 0 spiro atoms. The van der Waals surface area contributed by atoms with Crippen molar-refractivity contribution in [2.45, 2.75) is 84.8 Å². The topological polar surface area (TPSA) is 127 Å². The highest BCUT2D eigenvalue weighted by molar-refractivity contribution is 5.91. The fourth-order valence-corrected chi connectivity index (χ4v) is 3.16. The van der Waals surface area contributed by atoms with Gasteiger partial charge in [0.05, 0.1) is 0 Å². The molecule has 0 aromatic rings. The summed E-state index contributed by atoms with van der Waals surface area (Å²) < 4.78 is 10.2. The smallest absolute Gasteiger partial charge is 0.353 e. The largest absolute Gasteiger partial charge is 0.478 e. The minimum atomic E-state index is -2.50. The molecular weight excluding hydrogens is 356 g/mol. The zero-order chi connectivity index (χ0) is 21.2. The average Bonchev–Trinajstić information content (AvgIpc) is 2.63. The van der Waals surface area contributed by atoms with Crippen LogP contribution in [0.25, 0.3) is 0 Å². The molecule has 0 aromatic heterocycles. The number of ether oxygens (including phenoxy) is 2. The normalized spacial score (nSPS) is 16.5. The van der Waals surface area contributed by atoms with Crippen LogP contribution in [0.15, 0.2) is 0 Å². The molecule has 0 rings (SSSR count). The molecule has 4 unspecified atom stereocenters. The van der Waals surface area contributed by atoms with Gasteiger partial charge in [-0.15, -0.1) is 0 Å². The summed E-state index contributed by atoms with van der Waals surface area (Å²) in [5.41, 5.74) is -2.50. The predicted octanol–water partition coefficient (Wildman–Crippen LogP) is 3.02. The van der Waals surface area contributed by atoms with Gasteiger partial charge in [-0.1, -0.05) is 60.3 Å². The average molecular weight is 388 g/mol. The summed E-state index contributed by atoms with van der Waals surface area (Å²) in [5.74, 6) is -6.16. The van der Waals surface area contributed by atoms with Crippen molar-refractivity contribution in [1.82, 2.24) is 0 Å². The molecule has 0 aromatic carbocycles. The summed E-state index contributed by atoms with van der Waals surface area (Å²) in [5, 5.41) is 19.6. The lowest BCUT2D eigenvalue weighted by Gasteiger charge is -2.41. The fraction of sp³-hybridized carbons (Fsp3) is 0.789. The zero-order valence-electron chi connectivity index (χ0n) is 16.8. The molecule has 4 atom stereocenters. The second-order valence-electron chi connectivity index (χ2n) is 6.59. The first-order chi connectivity index (χ1) is 12.6. The van der Waals surface area contributed by atoms with Crippen molar-refractivity contribution in [2.24, 2.45) is 11.8 Å². The Labute approximate surface area is 160 Å². The van der Waals surface area contributed by atoms with E-state index < -0.39 is 41.5 Å². The molecule has 0 aliphatic carbocycles. The SMILES string of the molecule is CCCCC(CC)C(C)C(OC(=O)CC)(C(=O)O)C(OC(=O)CC)C(=O)O. The molecule has 0 heterocycles. The number of carbonyl (C=O) groups is 4. The Kier molecular flexibility index (Phi) is 10.7. The summed E-state index contributed by atoms with van der Waals surface area (Å²) in [4.78, 5) is 48.0. The molecule has 2 N–H and O–H groups in total. The summed E-state index contributed by atoms with van der Waals surface area (Å²) in [6.07, 6.45) is 0.487. The van der Waals surface area contributed by atoms with E-state index in [9.17, 15) is 29.4 Å². The number of carboxylic acid groups (broad SMARTS) is 2. The van der Waals surface area contributed by atoms with Gasteiger partial charge in [-0.25, -0.2) is 9.59 Å². The number of carboxylic acids is 2. The lowest BCUT2D eigenvalue weighted by atomic mass is 9.72. The lowest BCUT2D eigenvalue weighted by molar-refractivity contribution is -0.217. The molecule has 0 bridgehead atoms. The van der Waals surface area contributed by atoms with Crippen LogP contribution >= 0.6 is 0 Å². The lowest BCUT2D eigenvalue weighted by Crippen LogP contribution is -2.63. The Hall–Kier alpha value is -2.12. The summed E-state index contributed by atoms with van der Waals surface area (Å²) >= 11 is 0. The summed E-state index contributed by atoms with van der Waals surface area (Å²) in [7, 11) is 0. The first kappa shape index (κ1) is 24.9. The Bertz CT molecular complexity index is 530. The molecule has 0 aliphatic rings. The van der Waals surface area contributed by atoms with Crippen molar-refractivity contribution in [1.29, 1.82) is 0 Å². The van der Waals surface area contributed by atoms with E-state index in [1.54, 1.807) is 0 Å². The van der Waals surface area contributed by atoms with E-state index in [1.165, 1.54) is 20.8 Å². The van der Waals surface area contributed by atoms with E-state index in [0.29, 0.717) is 12.8 Å². The molecule has 0 saturated carbocycles. The van der Waals surface area contributed by atoms with Gasteiger partial charge in [-0.05, 0) is 5.92 Å². The van der Waals surface area contributed by atoms with Gasteiger partial charge in [0.25, 0.3) is 5.60 Å². The van der Waals surface area contributed by atoms with E-state index in [4.69, 9.17) is 9.47 Å². The third-order valence-corrected chi connectivity index (χ3v) is 4.89. The first-order valence-electron chi connectivity index (χ1n) is 9.49. The van der Waals surface area contributed by atoms with Crippen molar-refractivity contribution < 1.29 is 38.9 Å². The van der Waals surface area contributed by atoms with Crippen LogP contribution in [-0.4, -0.2) is 45.8 Å². The second-order valence-corrected chi connectivity index (χ2v) is 6.59. The Morgan fingerprint density at radius 2 is 1.52 bits per heavy atom. The summed E-state index contributed by atoms with van der Waals surface area (Å²) in [6, 6.07) is 0. The third kappa shape index (κ3) is 6.22. The minimum Gasteiger partial charge on any atom is -0.478 e. The van der Waals surface area contributed by atoms with Crippen LogP contribution in [0.4, 0.5) is 0 Å². The monoisotopic (exact) mass is 388 g/mol. The van der Waals surface area contributed by atoms with Gasteiger partial charge in [0.15, 0.2) is 0 Å². The highest BCUT2D eigenvalue weighted by atomic mass is 16.6. The van der Waals surface area contributed by atoms with Gasteiger partial charge in [0.1, 0.15) is 0 Å². The van der Waals surface area contributed by atoms with Crippen LogP contribution in [0.1, 0.15) is 73.1 Å². The molecular formula is C19H32O8. The zero-order valence-corrected chi connectivity index (χ0v) is 16.8. The van der Waals surface area contributed by atoms with Gasteiger partial charge >= 0.3 is 23.9 Å². The maximum absolute atomic E-state index is 12.3. The molecule has 0 amide bonds. The fourth-order valence-electron chi connectivity index (χ4n) is 3.16. The Morgan fingerprint density at radius 3 is 1.89 bits per heavy atom. The van der Waals surface area contributed by atoms with Crippen LogP contribution in [0.2, 0.25) is 0 Å². The molecule has 0 saturated heterocycles. The van der Waals surface area contributed by atoms with Crippen LogP contribution in [0.3, 0.4) is 0 Å². The van der Waals surface area contributed by atoms with Crippen molar-refractivity contribution >= 4 is 23.9 Å². The van der Waals surface area contributed by atoms with Gasteiger partial charge in [-0.3, -0.25) is 9.59 Å². The van der Waals surface area contributed by atoms with E-state index in [1.807, 2.05) is 13.8 Å². The van der Waals surface area contributed by atoms with E-state index >= 15 is 0 Å². The van der Waals surface area contributed by atoms with Crippen LogP contribution < -0.4 is 0 Å². The third-order valence-electron chi connectivity index (χ3n) is 4.89. The molecule has 0 radical (unpaired) electrons. The molecule has 8 nitrogen and oxygen atoms in total. The standard InChI is InChI=1S/C19H32O8/c1-6-10-11-13(7-2)12(5)19(18(24)25,27-15(21)9-4)16(17(22)23)26-14(20)8-3/h12-13,16H,6-11H2,1-5H3,(H,22,23)(H,24,25). The van der Waals surface area contributed by atoms with Crippen LogP contribution in [-0.2, 0) is 28.7 Å². The van der Waals surface area contributed by atoms with E-state index in [-0.39, 0.29) is 18.8 Å². The highest BCUT2D eigenvalue weighted by Gasteiger charge is 2.60. The van der Waals surface area contributed by atoms with Crippen molar-refractivity contribution in [3.63, 3.8) is 0 Å². The number of esters is 2. The number of unbranched alkanes of at least 4 members (excludes halogenated alkanes) is 1. The van der Waals surface area contributed by atoms with E-state index in [2.05, 4.69) is 0 Å². The number of carbonyl (C=O) groups excluding carboxylic acids is 2. The van der Waals surface area contributed by atoms with Crippen molar-refractivity contribution in [3.05, 3.63) is 0 Å². The second kappa shape index (κ2) is 11.6. The molecule has 0 aliphatic heterocycles. The Morgan fingerprint density at radius 1 is 0.963 bits per heavy atom. The molecule has 0 fully saturated rings. The number of aliphatic carboxylic acids is 2.